The van der Waals surface area contributed by atoms with E-state index < -0.39 is 6.10 Å². The Morgan fingerprint density at radius 1 is 0.247 bits per heavy atom. The lowest BCUT2D eigenvalue weighted by molar-refractivity contribution is -0.167. The Kier molecular flexibility index (Phi) is 65.1. The van der Waals surface area contributed by atoms with Crippen LogP contribution in [-0.2, 0) is 28.6 Å². The summed E-state index contributed by atoms with van der Waals surface area (Å²) < 4.78 is 17.0. The first-order valence-electron chi connectivity index (χ1n) is 35.2. The SMILES string of the molecule is CCCCCCCC/C=C\CCCCCCCCCCCCCC(=O)OC(COC(=O)CCCCCCCCCCCCCCCCCCCCC)COC(=O)CCCCCCCCCCCCCCCCCCCCC. The van der Waals surface area contributed by atoms with Crippen molar-refractivity contribution < 1.29 is 28.6 Å². The summed E-state index contributed by atoms with van der Waals surface area (Å²) in [5.74, 6) is -0.826. The maximum atomic E-state index is 13.0. The fourth-order valence-electron chi connectivity index (χ4n) is 11.0. The van der Waals surface area contributed by atoms with Crippen molar-refractivity contribution in [3.63, 3.8) is 0 Å². The van der Waals surface area contributed by atoms with E-state index in [9.17, 15) is 14.4 Å². The smallest absolute Gasteiger partial charge is 0.306 e. The maximum absolute atomic E-state index is 13.0. The van der Waals surface area contributed by atoms with E-state index in [0.29, 0.717) is 19.3 Å². The summed E-state index contributed by atoms with van der Waals surface area (Å²) in [6.07, 6.45) is 79.4. The van der Waals surface area contributed by atoms with E-state index in [1.165, 1.54) is 308 Å². The van der Waals surface area contributed by atoms with Crippen molar-refractivity contribution >= 4 is 17.9 Å². The number of carbonyl (C=O) groups excluding carboxylic acids is 3. The van der Waals surface area contributed by atoms with Gasteiger partial charge in [-0.3, -0.25) is 14.4 Å². The Hall–Kier alpha value is -1.85. The Labute approximate surface area is 481 Å². The van der Waals surface area contributed by atoms with Gasteiger partial charge in [-0.25, -0.2) is 0 Å². The number of ether oxygens (including phenoxy) is 3. The maximum Gasteiger partial charge on any atom is 0.306 e. The number of hydrogen-bond acceptors (Lipinski definition) is 6. The van der Waals surface area contributed by atoms with Crippen LogP contribution in [0, 0.1) is 0 Å². The van der Waals surface area contributed by atoms with E-state index in [-0.39, 0.29) is 31.1 Å². The molecule has 0 unspecified atom stereocenters. The summed E-state index contributed by atoms with van der Waals surface area (Å²) in [6.45, 7) is 6.73. The van der Waals surface area contributed by atoms with Crippen molar-refractivity contribution in [1.82, 2.24) is 0 Å². The van der Waals surface area contributed by atoms with Crippen LogP contribution in [0.3, 0.4) is 0 Å². The highest BCUT2D eigenvalue weighted by atomic mass is 16.6. The first-order valence-corrected chi connectivity index (χ1v) is 35.2. The molecule has 0 fully saturated rings. The van der Waals surface area contributed by atoms with Gasteiger partial charge < -0.3 is 14.2 Å². The van der Waals surface area contributed by atoms with Crippen LogP contribution >= 0.6 is 0 Å². The van der Waals surface area contributed by atoms with Gasteiger partial charge >= 0.3 is 17.9 Å². The topological polar surface area (TPSA) is 78.9 Å². The number of carbonyl (C=O) groups is 3. The summed E-state index contributed by atoms with van der Waals surface area (Å²) >= 11 is 0. The third kappa shape index (κ3) is 64.9. The van der Waals surface area contributed by atoms with E-state index >= 15 is 0 Å². The normalized spacial score (nSPS) is 11.6. The van der Waals surface area contributed by atoms with Gasteiger partial charge in [0.1, 0.15) is 13.2 Å². The molecule has 0 amide bonds. The number of esters is 3. The van der Waals surface area contributed by atoms with E-state index in [4.69, 9.17) is 14.2 Å². The zero-order valence-electron chi connectivity index (χ0n) is 52.5. The minimum Gasteiger partial charge on any atom is -0.462 e. The summed E-state index contributed by atoms with van der Waals surface area (Å²) in [5, 5.41) is 0. The molecule has 77 heavy (non-hydrogen) atoms. The summed E-state index contributed by atoms with van der Waals surface area (Å²) in [4.78, 5) is 38.5. The molecule has 0 rings (SSSR count). The van der Waals surface area contributed by atoms with Gasteiger partial charge in [0.25, 0.3) is 0 Å². The fraction of sp³-hybridized carbons (Fsp3) is 0.930. The lowest BCUT2D eigenvalue weighted by Gasteiger charge is -2.18. The zero-order chi connectivity index (χ0) is 55.7. The molecular weight excluding hydrogens is 949 g/mol. The van der Waals surface area contributed by atoms with Crippen LogP contribution in [0.1, 0.15) is 406 Å². The number of hydrogen-bond donors (Lipinski definition) is 0. The van der Waals surface area contributed by atoms with Crippen molar-refractivity contribution in [2.24, 2.45) is 0 Å². The molecule has 0 aliphatic rings. The lowest BCUT2D eigenvalue weighted by atomic mass is 10.0. The molecule has 0 aromatic carbocycles. The van der Waals surface area contributed by atoms with E-state index in [0.717, 1.165) is 57.8 Å². The average molecular weight is 1090 g/mol. The van der Waals surface area contributed by atoms with Crippen LogP contribution in [-0.4, -0.2) is 37.2 Å². The standard InChI is InChI=1S/C71H136O6/c1-4-7-10-13-16-19-22-25-28-31-34-35-38-41-44-47-50-53-56-59-62-65-71(74)77-68(66-75-69(72)63-60-57-54-51-48-45-42-39-36-32-29-26-23-20-17-14-11-8-5-2)67-76-70(73)64-61-58-55-52-49-46-43-40-37-33-30-27-24-21-18-15-12-9-6-3/h25,28,68H,4-24,26-27,29-67H2,1-3H3/b28-25-. The summed E-state index contributed by atoms with van der Waals surface area (Å²) in [7, 11) is 0. The molecule has 0 bridgehead atoms. The average Bonchev–Trinajstić information content (AvgIpc) is 3.43. The first kappa shape index (κ1) is 75.2. The van der Waals surface area contributed by atoms with Crippen LogP contribution in [0.15, 0.2) is 12.2 Å². The molecular formula is C71H136O6. The molecule has 0 saturated carbocycles. The Bertz CT molecular complexity index is 1140. The van der Waals surface area contributed by atoms with Crippen LogP contribution in [0.4, 0.5) is 0 Å². The summed E-state index contributed by atoms with van der Waals surface area (Å²) in [6, 6.07) is 0. The molecule has 0 aromatic heterocycles. The monoisotopic (exact) mass is 1090 g/mol. The molecule has 0 heterocycles. The second-order valence-electron chi connectivity index (χ2n) is 24.2. The second kappa shape index (κ2) is 66.7. The van der Waals surface area contributed by atoms with Crippen LogP contribution in [0.25, 0.3) is 0 Å². The molecule has 0 atom stereocenters. The minimum absolute atomic E-state index is 0.0629. The second-order valence-corrected chi connectivity index (χ2v) is 24.2. The third-order valence-corrected chi connectivity index (χ3v) is 16.3. The van der Waals surface area contributed by atoms with Gasteiger partial charge in [0.15, 0.2) is 6.10 Å². The highest BCUT2D eigenvalue weighted by Crippen LogP contribution is 2.19. The van der Waals surface area contributed by atoms with Gasteiger partial charge in [0.05, 0.1) is 0 Å². The van der Waals surface area contributed by atoms with Crippen LogP contribution < -0.4 is 0 Å². The molecule has 456 valence electrons. The molecule has 0 aliphatic heterocycles. The molecule has 0 spiro atoms. The summed E-state index contributed by atoms with van der Waals surface area (Å²) in [5.41, 5.74) is 0. The molecule has 0 radical (unpaired) electrons. The van der Waals surface area contributed by atoms with Crippen molar-refractivity contribution in [2.75, 3.05) is 13.2 Å². The lowest BCUT2D eigenvalue weighted by Crippen LogP contribution is -2.30. The Morgan fingerprint density at radius 3 is 0.649 bits per heavy atom. The molecule has 6 nitrogen and oxygen atoms in total. The predicted octanol–water partition coefficient (Wildman–Crippen LogP) is 24.0. The molecule has 0 aliphatic carbocycles. The highest BCUT2D eigenvalue weighted by molar-refractivity contribution is 5.71. The van der Waals surface area contributed by atoms with E-state index in [2.05, 4.69) is 32.9 Å². The van der Waals surface area contributed by atoms with Gasteiger partial charge in [0.2, 0.25) is 0 Å². The van der Waals surface area contributed by atoms with Crippen LogP contribution in [0.5, 0.6) is 0 Å². The number of rotatable bonds is 66. The van der Waals surface area contributed by atoms with Gasteiger partial charge in [-0.2, -0.15) is 0 Å². The Balaban J connectivity index is 4.29. The van der Waals surface area contributed by atoms with Crippen molar-refractivity contribution in [3.8, 4) is 0 Å². The quantitative estimate of drug-likeness (QED) is 0.0261. The van der Waals surface area contributed by atoms with Crippen molar-refractivity contribution in [2.45, 2.75) is 412 Å². The molecule has 0 saturated heterocycles. The molecule has 6 heteroatoms. The third-order valence-electron chi connectivity index (χ3n) is 16.3. The van der Waals surface area contributed by atoms with Gasteiger partial charge in [-0.05, 0) is 44.9 Å². The van der Waals surface area contributed by atoms with E-state index in [1.54, 1.807) is 0 Å². The predicted molar refractivity (Wildman–Crippen MR) is 335 cm³/mol. The fourth-order valence-corrected chi connectivity index (χ4v) is 11.0. The highest BCUT2D eigenvalue weighted by Gasteiger charge is 2.19. The number of unbranched alkanes of at least 4 members (excludes halogenated alkanes) is 53. The van der Waals surface area contributed by atoms with Crippen molar-refractivity contribution in [3.05, 3.63) is 12.2 Å². The van der Waals surface area contributed by atoms with Gasteiger partial charge in [-0.1, -0.05) is 354 Å². The van der Waals surface area contributed by atoms with Gasteiger partial charge in [0, 0.05) is 19.3 Å². The van der Waals surface area contributed by atoms with Crippen LogP contribution in [0.2, 0.25) is 0 Å². The van der Waals surface area contributed by atoms with Gasteiger partial charge in [-0.15, -0.1) is 0 Å². The minimum atomic E-state index is -0.767. The Morgan fingerprint density at radius 2 is 0.429 bits per heavy atom. The number of allylic oxidation sites excluding steroid dienone is 2. The van der Waals surface area contributed by atoms with E-state index in [1.807, 2.05) is 0 Å². The zero-order valence-corrected chi connectivity index (χ0v) is 52.5. The molecule has 0 aromatic rings. The van der Waals surface area contributed by atoms with Crippen molar-refractivity contribution in [1.29, 1.82) is 0 Å². The largest absolute Gasteiger partial charge is 0.462 e. The first-order chi connectivity index (χ1) is 38.0. The molecule has 0 N–H and O–H groups in total.